The highest BCUT2D eigenvalue weighted by Gasteiger charge is 2.14. The maximum Gasteiger partial charge on any atom is 0.328 e. The number of ketones is 1. The lowest BCUT2D eigenvalue weighted by molar-refractivity contribution is 0.0946. The number of hydrogen-bond donors (Lipinski definition) is 0. The number of carbonyl (C=O) groups excluding carboxylic acids is 1. The van der Waals surface area contributed by atoms with E-state index in [1.165, 1.54) is 9.13 Å². The van der Waals surface area contributed by atoms with Gasteiger partial charge in [-0.25, -0.2) is 4.79 Å². The molecule has 2 aromatic heterocycles. The van der Waals surface area contributed by atoms with E-state index in [9.17, 15) is 9.59 Å². The van der Waals surface area contributed by atoms with E-state index in [1.54, 1.807) is 31.6 Å². The monoisotopic (exact) mass is 256 g/mol. The van der Waals surface area contributed by atoms with Crippen molar-refractivity contribution in [2.24, 2.45) is 7.05 Å². The summed E-state index contributed by atoms with van der Waals surface area (Å²) in [4.78, 5) is 23.7. The number of para-hydroxylation sites is 1. The molecule has 96 valence electrons. The van der Waals surface area contributed by atoms with Crippen molar-refractivity contribution in [1.82, 2.24) is 9.13 Å². The van der Waals surface area contributed by atoms with Gasteiger partial charge in [-0.3, -0.25) is 9.36 Å². The molecule has 0 unspecified atom stereocenters. The van der Waals surface area contributed by atoms with E-state index in [1.807, 2.05) is 18.2 Å². The summed E-state index contributed by atoms with van der Waals surface area (Å²) in [6.07, 6.45) is 3.21. The molecule has 0 aliphatic rings. The van der Waals surface area contributed by atoms with E-state index in [0.717, 1.165) is 5.39 Å². The summed E-state index contributed by atoms with van der Waals surface area (Å²) in [6, 6.07) is 9.12. The van der Waals surface area contributed by atoms with Crippen LogP contribution in [0, 0.1) is 0 Å². The number of rotatable bonds is 3. The summed E-state index contributed by atoms with van der Waals surface area (Å²) in [5.41, 5.74) is 0.454. The van der Waals surface area contributed by atoms with E-state index in [4.69, 9.17) is 4.42 Å². The normalized spacial score (nSPS) is 11.0. The van der Waals surface area contributed by atoms with Crippen LogP contribution >= 0.6 is 0 Å². The van der Waals surface area contributed by atoms with Crippen molar-refractivity contribution in [3.8, 4) is 0 Å². The van der Waals surface area contributed by atoms with E-state index < -0.39 is 0 Å². The molecule has 1 aromatic carbocycles. The molecule has 0 spiro atoms. The zero-order valence-corrected chi connectivity index (χ0v) is 10.4. The van der Waals surface area contributed by atoms with E-state index in [-0.39, 0.29) is 23.8 Å². The minimum absolute atomic E-state index is 0.0144. The van der Waals surface area contributed by atoms with Crippen LogP contribution in [-0.2, 0) is 13.6 Å². The standard InChI is InChI=1S/C14H12N2O3/c1-15-6-7-16(14(15)18)9-11(17)13-8-10-4-2-3-5-12(10)19-13/h2-8H,9H2,1H3. The lowest BCUT2D eigenvalue weighted by Gasteiger charge is -1.97. The number of hydrogen-bond acceptors (Lipinski definition) is 3. The molecule has 0 atom stereocenters. The van der Waals surface area contributed by atoms with Crippen LogP contribution in [-0.4, -0.2) is 14.9 Å². The Bertz CT molecular complexity index is 774. The SMILES string of the molecule is Cn1ccn(CC(=O)c2cc3ccccc3o2)c1=O. The van der Waals surface area contributed by atoms with Gasteiger partial charge in [0.1, 0.15) is 5.58 Å². The third-order valence-electron chi connectivity index (χ3n) is 3.03. The fraction of sp³-hybridized carbons (Fsp3) is 0.143. The Labute approximate surface area is 108 Å². The quantitative estimate of drug-likeness (QED) is 0.671. The van der Waals surface area contributed by atoms with E-state index in [2.05, 4.69) is 0 Å². The molecule has 5 heteroatoms. The molecule has 0 fully saturated rings. The van der Waals surface area contributed by atoms with Crippen molar-refractivity contribution in [2.45, 2.75) is 6.54 Å². The average Bonchev–Trinajstić information content (AvgIpc) is 2.97. The van der Waals surface area contributed by atoms with Gasteiger partial charge >= 0.3 is 5.69 Å². The molecule has 0 saturated carbocycles. The molecule has 0 bridgehead atoms. The van der Waals surface area contributed by atoms with Crippen molar-refractivity contribution >= 4 is 16.8 Å². The molecule has 0 amide bonds. The third kappa shape index (κ3) is 1.99. The third-order valence-corrected chi connectivity index (χ3v) is 3.03. The summed E-state index contributed by atoms with van der Waals surface area (Å²) in [7, 11) is 1.64. The lowest BCUT2D eigenvalue weighted by Crippen LogP contribution is -2.25. The van der Waals surface area contributed by atoms with Crippen LogP contribution < -0.4 is 5.69 Å². The fourth-order valence-corrected chi connectivity index (χ4v) is 1.98. The maximum atomic E-state index is 12.1. The highest BCUT2D eigenvalue weighted by molar-refractivity contribution is 5.97. The lowest BCUT2D eigenvalue weighted by atomic mass is 10.2. The van der Waals surface area contributed by atoms with E-state index in [0.29, 0.717) is 5.58 Å². The maximum absolute atomic E-state index is 12.1. The van der Waals surface area contributed by atoms with E-state index >= 15 is 0 Å². The highest BCUT2D eigenvalue weighted by atomic mass is 16.3. The summed E-state index contributed by atoms with van der Waals surface area (Å²) in [5, 5.41) is 0.881. The van der Waals surface area contributed by atoms with Crippen LogP contribution in [0.3, 0.4) is 0 Å². The highest BCUT2D eigenvalue weighted by Crippen LogP contribution is 2.19. The predicted octanol–water partition coefficient (Wildman–Crippen LogP) is 1.82. The molecule has 0 saturated heterocycles. The first kappa shape index (κ1) is 11.5. The molecular formula is C14H12N2O3. The van der Waals surface area contributed by atoms with Crippen LogP contribution in [0.4, 0.5) is 0 Å². The van der Waals surface area contributed by atoms with Gasteiger partial charge in [-0.1, -0.05) is 18.2 Å². The van der Waals surface area contributed by atoms with Crippen LogP contribution in [0.2, 0.25) is 0 Å². The van der Waals surface area contributed by atoms with Crippen LogP contribution in [0.15, 0.2) is 51.9 Å². The van der Waals surface area contributed by atoms with Crippen molar-refractivity contribution in [3.05, 3.63) is 59.0 Å². The van der Waals surface area contributed by atoms with Crippen LogP contribution in [0.1, 0.15) is 10.6 Å². The van der Waals surface area contributed by atoms with Crippen molar-refractivity contribution < 1.29 is 9.21 Å². The van der Waals surface area contributed by atoms with Gasteiger partial charge in [-0.15, -0.1) is 0 Å². The average molecular weight is 256 g/mol. The Hall–Kier alpha value is -2.56. The molecule has 3 aromatic rings. The van der Waals surface area contributed by atoms with Gasteiger partial charge in [0.2, 0.25) is 5.78 Å². The first-order chi connectivity index (χ1) is 9.15. The molecule has 3 rings (SSSR count). The summed E-state index contributed by atoms with van der Waals surface area (Å²) >= 11 is 0. The number of aryl methyl sites for hydroxylation is 1. The summed E-state index contributed by atoms with van der Waals surface area (Å²) in [5.74, 6) is 0.0569. The van der Waals surface area contributed by atoms with Gasteiger partial charge < -0.3 is 8.98 Å². The number of nitrogens with zero attached hydrogens (tertiary/aromatic N) is 2. The Balaban J connectivity index is 1.92. The van der Waals surface area contributed by atoms with Crippen LogP contribution in [0.5, 0.6) is 0 Å². The molecule has 0 aliphatic heterocycles. The zero-order valence-electron chi connectivity index (χ0n) is 10.4. The number of imidazole rings is 1. The van der Waals surface area contributed by atoms with Gasteiger partial charge in [-0.2, -0.15) is 0 Å². The number of benzene rings is 1. The van der Waals surface area contributed by atoms with Crippen molar-refractivity contribution in [1.29, 1.82) is 0 Å². The Morgan fingerprint density at radius 1 is 1.26 bits per heavy atom. The smallest absolute Gasteiger partial charge is 0.328 e. The minimum Gasteiger partial charge on any atom is -0.453 e. The first-order valence-electron chi connectivity index (χ1n) is 5.89. The summed E-state index contributed by atoms with van der Waals surface area (Å²) in [6.45, 7) is -0.0144. The second kappa shape index (κ2) is 4.28. The molecular weight excluding hydrogens is 244 g/mol. The predicted molar refractivity (Wildman–Crippen MR) is 70.2 cm³/mol. The Morgan fingerprint density at radius 3 is 2.74 bits per heavy atom. The van der Waals surface area contributed by atoms with Crippen molar-refractivity contribution in [2.75, 3.05) is 0 Å². The van der Waals surface area contributed by atoms with Gasteiger partial charge in [0.15, 0.2) is 5.76 Å². The largest absolute Gasteiger partial charge is 0.453 e. The van der Waals surface area contributed by atoms with Gasteiger partial charge in [0.25, 0.3) is 0 Å². The number of fused-ring (bicyclic) bond motifs is 1. The summed E-state index contributed by atoms with van der Waals surface area (Å²) < 4.78 is 8.26. The second-order valence-corrected chi connectivity index (χ2v) is 4.39. The Kier molecular flexibility index (Phi) is 2.59. The number of carbonyl (C=O) groups is 1. The van der Waals surface area contributed by atoms with Crippen LogP contribution in [0.25, 0.3) is 11.0 Å². The number of furan rings is 1. The second-order valence-electron chi connectivity index (χ2n) is 4.39. The van der Waals surface area contributed by atoms with Crippen molar-refractivity contribution in [3.63, 3.8) is 0 Å². The number of aromatic nitrogens is 2. The molecule has 19 heavy (non-hydrogen) atoms. The molecule has 0 aliphatic carbocycles. The van der Waals surface area contributed by atoms with Gasteiger partial charge in [0, 0.05) is 24.8 Å². The minimum atomic E-state index is -0.218. The fourth-order valence-electron chi connectivity index (χ4n) is 1.98. The Morgan fingerprint density at radius 2 is 2.05 bits per heavy atom. The van der Waals surface area contributed by atoms with Gasteiger partial charge in [-0.05, 0) is 12.1 Å². The zero-order chi connectivity index (χ0) is 13.4. The van der Waals surface area contributed by atoms with Gasteiger partial charge in [0.05, 0.1) is 6.54 Å². The first-order valence-corrected chi connectivity index (χ1v) is 5.89. The molecule has 5 nitrogen and oxygen atoms in total. The topological polar surface area (TPSA) is 57.1 Å². The molecule has 0 radical (unpaired) electrons. The molecule has 0 N–H and O–H groups in total. The molecule has 2 heterocycles. The number of Topliss-reactive ketones (excluding diaryl/α,β-unsaturated/α-hetero) is 1.